The summed E-state index contributed by atoms with van der Waals surface area (Å²) in [6.45, 7) is 2.64. The van der Waals surface area contributed by atoms with Gasteiger partial charge < -0.3 is 10.6 Å². The van der Waals surface area contributed by atoms with Crippen LogP contribution in [-0.4, -0.2) is 25.5 Å². The molecule has 0 aliphatic carbocycles. The van der Waals surface area contributed by atoms with Gasteiger partial charge >= 0.3 is 0 Å². The van der Waals surface area contributed by atoms with E-state index < -0.39 is 0 Å². The molecule has 122 valence electrons. The van der Waals surface area contributed by atoms with Crippen molar-refractivity contribution in [2.45, 2.75) is 23.6 Å². The number of amides is 1. The number of likely N-dealkylation sites (N-methyl/N-ethyl adjacent to an activating group) is 1. The zero-order valence-electron chi connectivity index (χ0n) is 13.3. The van der Waals surface area contributed by atoms with Crippen molar-refractivity contribution in [3.05, 3.63) is 64.7 Å². The normalized spacial score (nSPS) is 12.0. The summed E-state index contributed by atoms with van der Waals surface area (Å²) in [5.41, 5.74) is 1.87. The molecule has 0 saturated heterocycles. The van der Waals surface area contributed by atoms with E-state index in [0.29, 0.717) is 12.1 Å². The lowest BCUT2D eigenvalue weighted by atomic mass is 10.1. The van der Waals surface area contributed by atoms with Gasteiger partial charge in [0.05, 0.1) is 0 Å². The summed E-state index contributed by atoms with van der Waals surface area (Å²) < 4.78 is 0. The zero-order valence-corrected chi connectivity index (χ0v) is 14.9. The highest BCUT2D eigenvalue weighted by Gasteiger charge is 2.07. The molecule has 0 heterocycles. The number of hydrogen-bond acceptors (Lipinski definition) is 3. The number of carbonyl (C=O) groups is 1. The predicted molar refractivity (Wildman–Crippen MR) is 98.3 cm³/mol. The lowest BCUT2D eigenvalue weighted by Gasteiger charge is -2.11. The van der Waals surface area contributed by atoms with E-state index in [2.05, 4.69) is 10.6 Å². The zero-order chi connectivity index (χ0) is 16.7. The molecule has 1 unspecified atom stereocenters. The average Bonchev–Trinajstić information content (AvgIpc) is 2.59. The van der Waals surface area contributed by atoms with Crippen LogP contribution >= 0.6 is 23.4 Å². The monoisotopic (exact) mass is 348 g/mol. The molecule has 1 amide bonds. The fourth-order valence-electron chi connectivity index (χ4n) is 1.90. The molecular formula is C18H21ClN2OS. The van der Waals surface area contributed by atoms with Gasteiger partial charge in [0.1, 0.15) is 0 Å². The quantitative estimate of drug-likeness (QED) is 0.744. The molecule has 0 bridgehead atoms. The molecule has 3 nitrogen and oxygen atoms in total. The molecule has 0 spiro atoms. The van der Waals surface area contributed by atoms with Crippen molar-refractivity contribution in [2.24, 2.45) is 0 Å². The minimum absolute atomic E-state index is 0.0380. The summed E-state index contributed by atoms with van der Waals surface area (Å²) in [7, 11) is 1.88. The van der Waals surface area contributed by atoms with Gasteiger partial charge in [-0.15, -0.1) is 11.8 Å². The van der Waals surface area contributed by atoms with Gasteiger partial charge in [-0.1, -0.05) is 23.7 Å². The highest BCUT2D eigenvalue weighted by molar-refractivity contribution is 7.98. The van der Waals surface area contributed by atoms with E-state index in [1.807, 2.05) is 62.5 Å². The van der Waals surface area contributed by atoms with Crippen molar-refractivity contribution in [3.63, 3.8) is 0 Å². The summed E-state index contributed by atoms with van der Waals surface area (Å²) in [5, 5.41) is 6.75. The Morgan fingerprint density at radius 3 is 2.39 bits per heavy atom. The van der Waals surface area contributed by atoms with E-state index in [4.69, 9.17) is 11.6 Å². The molecule has 0 saturated carbocycles. The Morgan fingerprint density at radius 2 is 1.78 bits per heavy atom. The van der Waals surface area contributed by atoms with Crippen LogP contribution in [-0.2, 0) is 5.75 Å². The molecular weight excluding hydrogens is 328 g/mol. The second-order valence-electron chi connectivity index (χ2n) is 5.34. The molecule has 23 heavy (non-hydrogen) atoms. The Morgan fingerprint density at radius 1 is 1.13 bits per heavy atom. The Bertz CT molecular complexity index is 628. The summed E-state index contributed by atoms with van der Waals surface area (Å²) in [6.07, 6.45) is 0. The maximum absolute atomic E-state index is 12.0. The summed E-state index contributed by atoms with van der Waals surface area (Å²) in [6, 6.07) is 15.8. The third-order valence-corrected chi connectivity index (χ3v) is 4.83. The maximum Gasteiger partial charge on any atom is 0.251 e. The molecule has 2 rings (SSSR count). The van der Waals surface area contributed by atoms with E-state index in [1.165, 1.54) is 10.5 Å². The number of hydrogen-bond donors (Lipinski definition) is 2. The van der Waals surface area contributed by atoms with E-state index in [9.17, 15) is 4.79 Å². The molecule has 1 atom stereocenters. The van der Waals surface area contributed by atoms with E-state index >= 15 is 0 Å². The number of rotatable bonds is 7. The number of benzene rings is 2. The lowest BCUT2D eigenvalue weighted by molar-refractivity contribution is 0.0950. The summed E-state index contributed by atoms with van der Waals surface area (Å²) >= 11 is 7.63. The Kier molecular flexibility index (Phi) is 6.96. The van der Waals surface area contributed by atoms with Crippen molar-refractivity contribution in [1.82, 2.24) is 10.6 Å². The first kappa shape index (κ1) is 17.9. The smallest absolute Gasteiger partial charge is 0.251 e. The van der Waals surface area contributed by atoms with Crippen LogP contribution in [0.5, 0.6) is 0 Å². The highest BCUT2D eigenvalue weighted by atomic mass is 35.5. The van der Waals surface area contributed by atoms with Gasteiger partial charge in [-0.05, 0) is 55.9 Å². The van der Waals surface area contributed by atoms with Crippen LogP contribution in [0.2, 0.25) is 5.02 Å². The standard InChI is InChI=1S/C18H21ClN2OS/c1-13(20-2)11-21-18(22)15-5-3-14(4-6-15)12-23-17-9-7-16(19)8-10-17/h3-10,13,20H,11-12H2,1-2H3,(H,21,22). The molecule has 2 aromatic carbocycles. The first-order valence-electron chi connectivity index (χ1n) is 7.51. The van der Waals surface area contributed by atoms with Crippen LogP contribution in [0, 0.1) is 0 Å². The number of carbonyl (C=O) groups excluding carboxylic acids is 1. The van der Waals surface area contributed by atoms with Gasteiger partial charge in [-0.2, -0.15) is 0 Å². The minimum Gasteiger partial charge on any atom is -0.350 e. The molecule has 0 radical (unpaired) electrons. The third kappa shape index (κ3) is 5.90. The van der Waals surface area contributed by atoms with Crippen molar-refractivity contribution in [1.29, 1.82) is 0 Å². The fourth-order valence-corrected chi connectivity index (χ4v) is 2.88. The van der Waals surface area contributed by atoms with Crippen molar-refractivity contribution in [2.75, 3.05) is 13.6 Å². The number of nitrogens with one attached hydrogen (secondary N) is 2. The molecule has 0 fully saturated rings. The van der Waals surface area contributed by atoms with Crippen LogP contribution in [0.4, 0.5) is 0 Å². The van der Waals surface area contributed by atoms with Crippen molar-refractivity contribution >= 4 is 29.3 Å². The van der Waals surface area contributed by atoms with Gasteiger partial charge in [-0.3, -0.25) is 4.79 Å². The molecule has 0 aliphatic rings. The second-order valence-corrected chi connectivity index (χ2v) is 6.82. The largest absolute Gasteiger partial charge is 0.350 e. The number of thioether (sulfide) groups is 1. The molecule has 2 N–H and O–H groups in total. The van der Waals surface area contributed by atoms with Crippen molar-refractivity contribution in [3.8, 4) is 0 Å². The van der Waals surface area contributed by atoms with Crippen LogP contribution in [0.15, 0.2) is 53.4 Å². The Balaban J connectivity index is 1.86. The van der Waals surface area contributed by atoms with Crippen LogP contribution in [0.25, 0.3) is 0 Å². The molecule has 5 heteroatoms. The average molecular weight is 349 g/mol. The summed E-state index contributed by atoms with van der Waals surface area (Å²) in [4.78, 5) is 13.2. The SMILES string of the molecule is CNC(C)CNC(=O)c1ccc(CSc2ccc(Cl)cc2)cc1. The Labute approximate surface area is 146 Å². The van der Waals surface area contributed by atoms with Gasteiger partial charge in [0, 0.05) is 33.8 Å². The van der Waals surface area contributed by atoms with E-state index in [1.54, 1.807) is 11.8 Å². The van der Waals surface area contributed by atoms with Crippen LogP contribution in [0.1, 0.15) is 22.8 Å². The molecule has 0 aromatic heterocycles. The van der Waals surface area contributed by atoms with Gasteiger partial charge in [0.25, 0.3) is 5.91 Å². The maximum atomic E-state index is 12.0. The lowest BCUT2D eigenvalue weighted by Crippen LogP contribution is -2.37. The fraction of sp³-hybridized carbons (Fsp3) is 0.278. The molecule has 0 aliphatic heterocycles. The summed E-state index contributed by atoms with van der Waals surface area (Å²) in [5.74, 6) is 0.823. The topological polar surface area (TPSA) is 41.1 Å². The first-order valence-corrected chi connectivity index (χ1v) is 8.87. The van der Waals surface area contributed by atoms with E-state index in [0.717, 1.165) is 10.8 Å². The molecule has 2 aromatic rings. The number of halogens is 1. The van der Waals surface area contributed by atoms with E-state index in [-0.39, 0.29) is 11.9 Å². The Hall–Kier alpha value is -1.49. The minimum atomic E-state index is -0.0380. The van der Waals surface area contributed by atoms with Crippen LogP contribution in [0.3, 0.4) is 0 Å². The predicted octanol–water partition coefficient (Wildman–Crippen LogP) is 3.97. The van der Waals surface area contributed by atoms with Crippen LogP contribution < -0.4 is 10.6 Å². The van der Waals surface area contributed by atoms with Gasteiger partial charge in [0.15, 0.2) is 0 Å². The first-order chi connectivity index (χ1) is 11.1. The highest BCUT2D eigenvalue weighted by Crippen LogP contribution is 2.24. The van der Waals surface area contributed by atoms with Gasteiger partial charge in [0.2, 0.25) is 0 Å². The van der Waals surface area contributed by atoms with Crippen molar-refractivity contribution < 1.29 is 4.79 Å². The third-order valence-electron chi connectivity index (χ3n) is 3.50. The second kappa shape index (κ2) is 8.96. The van der Waals surface area contributed by atoms with Gasteiger partial charge in [-0.25, -0.2) is 0 Å².